The molecular formula is C18H13ClN6O2S. The predicted octanol–water partition coefficient (Wildman–Crippen LogP) is 3.62. The topological polar surface area (TPSA) is 110 Å². The molecule has 28 heavy (non-hydrogen) atoms. The number of nitrogens with zero attached hydrogens (tertiary/aromatic N) is 4. The van der Waals surface area contributed by atoms with Gasteiger partial charge in [0.1, 0.15) is 12.1 Å². The van der Waals surface area contributed by atoms with Crippen molar-refractivity contribution in [2.75, 3.05) is 10.0 Å². The molecule has 2 heterocycles. The highest BCUT2D eigenvalue weighted by Gasteiger charge is 2.15. The molecular weight excluding hydrogens is 400 g/mol. The molecule has 0 amide bonds. The Bertz CT molecular complexity index is 1230. The fourth-order valence-electron chi connectivity index (χ4n) is 2.53. The molecule has 0 saturated heterocycles. The van der Waals surface area contributed by atoms with Crippen molar-refractivity contribution in [3.05, 3.63) is 72.1 Å². The van der Waals surface area contributed by atoms with E-state index in [-0.39, 0.29) is 15.9 Å². The van der Waals surface area contributed by atoms with E-state index < -0.39 is 10.0 Å². The molecule has 0 spiro atoms. The lowest BCUT2D eigenvalue weighted by molar-refractivity contribution is 0.601. The lowest BCUT2D eigenvalue weighted by Crippen LogP contribution is -2.14. The Labute approximate surface area is 165 Å². The molecule has 4 aromatic rings. The van der Waals surface area contributed by atoms with E-state index in [0.717, 1.165) is 10.9 Å². The molecule has 2 aromatic heterocycles. The summed E-state index contributed by atoms with van der Waals surface area (Å²) in [4.78, 5) is 8.56. The minimum atomic E-state index is -3.80. The molecule has 4 rings (SSSR count). The number of aromatic nitrogens is 4. The quantitative estimate of drug-likeness (QED) is 0.515. The normalized spacial score (nSPS) is 11.3. The summed E-state index contributed by atoms with van der Waals surface area (Å²) in [5.41, 5.74) is 1.50. The monoisotopic (exact) mass is 412 g/mol. The maximum Gasteiger partial charge on any atom is 0.263 e. The average molecular weight is 413 g/mol. The summed E-state index contributed by atoms with van der Waals surface area (Å²) in [6.07, 6.45) is 1.47. The Morgan fingerprint density at radius 2 is 1.64 bits per heavy atom. The zero-order valence-electron chi connectivity index (χ0n) is 14.2. The Morgan fingerprint density at radius 1 is 0.857 bits per heavy atom. The highest BCUT2D eigenvalue weighted by Crippen LogP contribution is 2.24. The summed E-state index contributed by atoms with van der Waals surface area (Å²) >= 11 is 5.65. The van der Waals surface area contributed by atoms with E-state index in [1.165, 1.54) is 30.6 Å². The molecule has 2 aromatic carbocycles. The second kappa shape index (κ2) is 7.37. The summed E-state index contributed by atoms with van der Waals surface area (Å²) < 4.78 is 27.3. The van der Waals surface area contributed by atoms with Gasteiger partial charge in [0.15, 0.2) is 11.0 Å². The summed E-state index contributed by atoms with van der Waals surface area (Å²) in [6, 6.07) is 16.8. The van der Waals surface area contributed by atoms with Gasteiger partial charge in [0, 0.05) is 11.1 Å². The summed E-state index contributed by atoms with van der Waals surface area (Å²) in [5, 5.41) is 11.5. The van der Waals surface area contributed by atoms with Crippen molar-refractivity contribution < 1.29 is 8.42 Å². The number of rotatable bonds is 5. The SMILES string of the molecule is O=S(=O)(Nc1ccc(Cl)nn1)c1ccc(Nc2ncnc3ccccc23)cc1. The molecule has 0 unspecified atom stereocenters. The van der Waals surface area contributed by atoms with Crippen molar-refractivity contribution in [1.29, 1.82) is 0 Å². The van der Waals surface area contributed by atoms with Gasteiger partial charge in [-0.25, -0.2) is 18.4 Å². The summed E-state index contributed by atoms with van der Waals surface area (Å²) in [5.74, 6) is 0.717. The third-order valence-corrected chi connectivity index (χ3v) is 5.41. The van der Waals surface area contributed by atoms with Crippen LogP contribution in [0.2, 0.25) is 5.15 Å². The molecule has 0 aliphatic heterocycles. The number of hydrogen-bond acceptors (Lipinski definition) is 7. The van der Waals surface area contributed by atoms with E-state index in [1.54, 1.807) is 12.1 Å². The van der Waals surface area contributed by atoms with Crippen molar-refractivity contribution in [1.82, 2.24) is 20.2 Å². The summed E-state index contributed by atoms with van der Waals surface area (Å²) in [6.45, 7) is 0. The van der Waals surface area contributed by atoms with Crippen molar-refractivity contribution >= 4 is 49.9 Å². The first kappa shape index (κ1) is 18.1. The van der Waals surface area contributed by atoms with Crippen molar-refractivity contribution in [3.8, 4) is 0 Å². The van der Waals surface area contributed by atoms with E-state index in [2.05, 4.69) is 30.2 Å². The van der Waals surface area contributed by atoms with Gasteiger partial charge in [0.05, 0.1) is 10.4 Å². The Hall–Kier alpha value is -3.30. The Balaban J connectivity index is 1.55. The fourth-order valence-corrected chi connectivity index (χ4v) is 3.62. The zero-order valence-corrected chi connectivity index (χ0v) is 15.8. The molecule has 0 radical (unpaired) electrons. The first-order chi connectivity index (χ1) is 13.5. The van der Waals surface area contributed by atoms with E-state index in [0.29, 0.717) is 11.5 Å². The van der Waals surface area contributed by atoms with Crippen LogP contribution in [0.1, 0.15) is 0 Å². The number of sulfonamides is 1. The number of fused-ring (bicyclic) bond motifs is 1. The van der Waals surface area contributed by atoms with Gasteiger partial charge in [0.2, 0.25) is 0 Å². The maximum atomic E-state index is 12.5. The third kappa shape index (κ3) is 3.85. The minimum Gasteiger partial charge on any atom is -0.340 e. The van der Waals surface area contributed by atoms with Gasteiger partial charge in [-0.2, -0.15) is 0 Å². The first-order valence-electron chi connectivity index (χ1n) is 8.10. The van der Waals surface area contributed by atoms with E-state index in [9.17, 15) is 8.42 Å². The van der Waals surface area contributed by atoms with Crippen LogP contribution in [0.4, 0.5) is 17.3 Å². The molecule has 0 atom stereocenters. The van der Waals surface area contributed by atoms with Gasteiger partial charge in [-0.1, -0.05) is 23.7 Å². The van der Waals surface area contributed by atoms with Crippen molar-refractivity contribution in [2.45, 2.75) is 4.90 Å². The van der Waals surface area contributed by atoms with Crippen molar-refractivity contribution in [3.63, 3.8) is 0 Å². The molecule has 8 nitrogen and oxygen atoms in total. The number of benzene rings is 2. The smallest absolute Gasteiger partial charge is 0.263 e. The maximum absolute atomic E-state index is 12.5. The van der Waals surface area contributed by atoms with Gasteiger partial charge in [-0.15, -0.1) is 10.2 Å². The van der Waals surface area contributed by atoms with Gasteiger partial charge in [-0.05, 0) is 48.5 Å². The van der Waals surface area contributed by atoms with E-state index >= 15 is 0 Å². The first-order valence-corrected chi connectivity index (χ1v) is 9.96. The van der Waals surface area contributed by atoms with Gasteiger partial charge >= 0.3 is 0 Å². The molecule has 0 bridgehead atoms. The molecule has 0 saturated carbocycles. The van der Waals surface area contributed by atoms with Crippen molar-refractivity contribution in [2.24, 2.45) is 0 Å². The van der Waals surface area contributed by atoms with Crippen LogP contribution < -0.4 is 10.0 Å². The largest absolute Gasteiger partial charge is 0.340 e. The van der Waals surface area contributed by atoms with Crippen LogP contribution >= 0.6 is 11.6 Å². The average Bonchev–Trinajstić information content (AvgIpc) is 2.70. The standard InChI is InChI=1S/C18H13ClN6O2S/c19-16-9-10-17(24-23-16)25-28(26,27)13-7-5-12(6-8-13)22-18-14-3-1-2-4-15(14)20-11-21-18/h1-11H,(H,24,25)(H,20,21,22). The fraction of sp³-hybridized carbons (Fsp3) is 0. The zero-order chi connectivity index (χ0) is 19.6. The third-order valence-electron chi connectivity index (χ3n) is 3.84. The van der Waals surface area contributed by atoms with Crippen LogP contribution in [0.5, 0.6) is 0 Å². The Kier molecular flexibility index (Phi) is 4.76. The van der Waals surface area contributed by atoms with Crippen LogP contribution in [0, 0.1) is 0 Å². The highest BCUT2D eigenvalue weighted by atomic mass is 35.5. The Morgan fingerprint density at radius 3 is 2.39 bits per heavy atom. The molecule has 0 fully saturated rings. The van der Waals surface area contributed by atoms with Crippen LogP contribution in [0.15, 0.2) is 71.9 Å². The summed E-state index contributed by atoms with van der Waals surface area (Å²) in [7, 11) is -3.80. The van der Waals surface area contributed by atoms with Crippen LogP contribution in [0.3, 0.4) is 0 Å². The second-order valence-corrected chi connectivity index (χ2v) is 7.81. The van der Waals surface area contributed by atoms with Gasteiger partial charge in [-0.3, -0.25) is 4.72 Å². The van der Waals surface area contributed by atoms with Gasteiger partial charge < -0.3 is 5.32 Å². The van der Waals surface area contributed by atoms with Crippen LogP contribution in [-0.4, -0.2) is 28.6 Å². The second-order valence-electron chi connectivity index (χ2n) is 5.74. The number of anilines is 3. The number of halogens is 1. The number of hydrogen-bond donors (Lipinski definition) is 2. The molecule has 0 aliphatic carbocycles. The molecule has 0 aliphatic rings. The number of para-hydroxylation sites is 1. The molecule has 10 heteroatoms. The lowest BCUT2D eigenvalue weighted by Gasteiger charge is -2.10. The molecule has 2 N–H and O–H groups in total. The van der Waals surface area contributed by atoms with Gasteiger partial charge in [0.25, 0.3) is 10.0 Å². The highest BCUT2D eigenvalue weighted by molar-refractivity contribution is 7.92. The number of nitrogens with one attached hydrogen (secondary N) is 2. The lowest BCUT2D eigenvalue weighted by atomic mass is 10.2. The van der Waals surface area contributed by atoms with Crippen LogP contribution in [0.25, 0.3) is 10.9 Å². The van der Waals surface area contributed by atoms with E-state index in [1.807, 2.05) is 24.3 Å². The van der Waals surface area contributed by atoms with Crippen LogP contribution in [-0.2, 0) is 10.0 Å². The molecule has 140 valence electrons. The predicted molar refractivity (Wildman–Crippen MR) is 107 cm³/mol. The minimum absolute atomic E-state index is 0.0825. The van der Waals surface area contributed by atoms with E-state index in [4.69, 9.17) is 11.6 Å².